The quantitative estimate of drug-likeness (QED) is 0.939. The Hall–Kier alpha value is -1.91. The molecule has 1 aliphatic heterocycles. The number of para-hydroxylation sites is 1. The lowest BCUT2D eigenvalue weighted by atomic mass is 10.0. The van der Waals surface area contributed by atoms with E-state index in [-0.39, 0.29) is 11.9 Å². The summed E-state index contributed by atoms with van der Waals surface area (Å²) in [6.45, 7) is 3.51. The van der Waals surface area contributed by atoms with Gasteiger partial charge in [0.05, 0.1) is 7.11 Å². The molecule has 0 amide bonds. The molecule has 0 aliphatic carbocycles. The van der Waals surface area contributed by atoms with Gasteiger partial charge in [-0.3, -0.25) is 4.90 Å². The minimum absolute atomic E-state index is 0.175. The molecule has 3 nitrogen and oxygen atoms in total. The highest BCUT2D eigenvalue weighted by Crippen LogP contribution is 2.27. The zero-order chi connectivity index (χ0) is 15.4. The molecule has 0 saturated carbocycles. The number of ether oxygens (including phenoxy) is 1. The summed E-state index contributed by atoms with van der Waals surface area (Å²) < 4.78 is 19.0. The molecule has 3 rings (SSSR count). The van der Waals surface area contributed by atoms with Crippen molar-refractivity contribution in [3.05, 3.63) is 65.5 Å². The summed E-state index contributed by atoms with van der Waals surface area (Å²) >= 11 is 0. The molecule has 0 bridgehead atoms. The van der Waals surface area contributed by atoms with Gasteiger partial charge in [-0.25, -0.2) is 4.39 Å². The van der Waals surface area contributed by atoms with Gasteiger partial charge in [-0.1, -0.05) is 30.3 Å². The maximum absolute atomic E-state index is 13.5. The Morgan fingerprint density at radius 2 is 2.09 bits per heavy atom. The number of hydrogen-bond donors (Lipinski definition) is 1. The molecule has 116 valence electrons. The number of nitrogens with one attached hydrogen (secondary N) is 1. The van der Waals surface area contributed by atoms with Crippen LogP contribution in [-0.4, -0.2) is 31.6 Å². The van der Waals surface area contributed by atoms with Gasteiger partial charge in [0.25, 0.3) is 0 Å². The van der Waals surface area contributed by atoms with Crippen LogP contribution in [0.1, 0.15) is 17.2 Å². The molecule has 2 aromatic carbocycles. The molecule has 1 N–H and O–H groups in total. The van der Waals surface area contributed by atoms with E-state index in [1.54, 1.807) is 19.2 Å². The molecule has 0 spiro atoms. The predicted molar refractivity (Wildman–Crippen MR) is 85.4 cm³/mol. The van der Waals surface area contributed by atoms with E-state index in [9.17, 15) is 4.39 Å². The number of hydrogen-bond acceptors (Lipinski definition) is 3. The van der Waals surface area contributed by atoms with Crippen molar-refractivity contribution in [2.45, 2.75) is 12.6 Å². The number of halogens is 1. The van der Waals surface area contributed by atoms with E-state index in [4.69, 9.17) is 4.74 Å². The molecule has 1 fully saturated rings. The Balaban J connectivity index is 1.84. The summed E-state index contributed by atoms with van der Waals surface area (Å²) in [7, 11) is 1.70. The van der Waals surface area contributed by atoms with Crippen molar-refractivity contribution in [2.24, 2.45) is 0 Å². The van der Waals surface area contributed by atoms with Crippen LogP contribution in [0.15, 0.2) is 48.5 Å². The van der Waals surface area contributed by atoms with Crippen LogP contribution in [0.2, 0.25) is 0 Å². The highest BCUT2D eigenvalue weighted by molar-refractivity contribution is 5.33. The molecular weight excluding hydrogens is 279 g/mol. The molecule has 1 unspecified atom stereocenters. The molecule has 1 heterocycles. The van der Waals surface area contributed by atoms with Gasteiger partial charge in [-0.2, -0.15) is 0 Å². The molecule has 2 aromatic rings. The van der Waals surface area contributed by atoms with Crippen LogP contribution in [0.5, 0.6) is 5.75 Å². The largest absolute Gasteiger partial charge is 0.496 e. The Morgan fingerprint density at radius 3 is 2.91 bits per heavy atom. The lowest BCUT2D eigenvalue weighted by molar-refractivity contribution is 0.152. The van der Waals surface area contributed by atoms with Gasteiger partial charge in [-0.05, 0) is 23.8 Å². The summed E-state index contributed by atoms with van der Waals surface area (Å²) in [6.07, 6.45) is 0. The summed E-state index contributed by atoms with van der Waals surface area (Å²) in [5.41, 5.74) is 2.18. The van der Waals surface area contributed by atoms with E-state index in [0.29, 0.717) is 0 Å². The first kappa shape index (κ1) is 15.0. The summed E-state index contributed by atoms with van der Waals surface area (Å²) in [5, 5.41) is 3.40. The third-order valence-corrected chi connectivity index (χ3v) is 4.15. The van der Waals surface area contributed by atoms with Crippen molar-refractivity contribution in [1.82, 2.24) is 10.2 Å². The Kier molecular flexibility index (Phi) is 4.71. The monoisotopic (exact) mass is 300 g/mol. The standard InChI is InChI=1S/C18H21FN2O/c1-22-18-8-3-2-5-15(18)13-21-10-9-20-12-17(21)14-6-4-7-16(19)11-14/h2-8,11,17,20H,9-10,12-13H2,1H3. The Morgan fingerprint density at radius 1 is 1.23 bits per heavy atom. The van der Waals surface area contributed by atoms with Gasteiger partial charge < -0.3 is 10.1 Å². The number of benzene rings is 2. The molecule has 4 heteroatoms. The second-order valence-corrected chi connectivity index (χ2v) is 5.56. The number of piperazine rings is 1. The minimum Gasteiger partial charge on any atom is -0.496 e. The average Bonchev–Trinajstić information content (AvgIpc) is 2.56. The Bertz CT molecular complexity index is 632. The number of rotatable bonds is 4. The minimum atomic E-state index is -0.180. The van der Waals surface area contributed by atoms with E-state index in [2.05, 4.69) is 16.3 Å². The highest BCUT2D eigenvalue weighted by Gasteiger charge is 2.24. The van der Waals surface area contributed by atoms with Crippen molar-refractivity contribution in [3.8, 4) is 5.75 Å². The SMILES string of the molecule is COc1ccccc1CN1CCNCC1c1cccc(F)c1. The predicted octanol–water partition coefficient (Wildman–Crippen LogP) is 2.98. The zero-order valence-corrected chi connectivity index (χ0v) is 12.8. The van der Waals surface area contributed by atoms with Gasteiger partial charge in [0.1, 0.15) is 11.6 Å². The molecule has 1 aliphatic rings. The van der Waals surface area contributed by atoms with E-state index in [1.807, 2.05) is 24.3 Å². The lowest BCUT2D eigenvalue weighted by Gasteiger charge is -2.36. The fraction of sp³-hybridized carbons (Fsp3) is 0.333. The van der Waals surface area contributed by atoms with Crippen LogP contribution in [0.25, 0.3) is 0 Å². The van der Waals surface area contributed by atoms with Crippen molar-refractivity contribution in [1.29, 1.82) is 0 Å². The average molecular weight is 300 g/mol. The maximum atomic E-state index is 13.5. The lowest BCUT2D eigenvalue weighted by Crippen LogP contribution is -2.45. The van der Waals surface area contributed by atoms with Crippen molar-refractivity contribution in [3.63, 3.8) is 0 Å². The van der Waals surface area contributed by atoms with Gasteiger partial charge in [0.2, 0.25) is 0 Å². The molecule has 1 saturated heterocycles. The smallest absolute Gasteiger partial charge is 0.123 e. The first-order valence-electron chi connectivity index (χ1n) is 7.60. The highest BCUT2D eigenvalue weighted by atomic mass is 19.1. The van der Waals surface area contributed by atoms with E-state index in [1.165, 1.54) is 6.07 Å². The van der Waals surface area contributed by atoms with Crippen molar-refractivity contribution >= 4 is 0 Å². The molecule has 0 radical (unpaired) electrons. The maximum Gasteiger partial charge on any atom is 0.123 e. The van der Waals surface area contributed by atoms with Gasteiger partial charge in [0.15, 0.2) is 0 Å². The Labute approximate surface area is 130 Å². The third-order valence-electron chi connectivity index (χ3n) is 4.15. The summed E-state index contributed by atoms with van der Waals surface area (Å²) in [6, 6.07) is 15.1. The van der Waals surface area contributed by atoms with E-state index >= 15 is 0 Å². The first-order valence-corrected chi connectivity index (χ1v) is 7.60. The topological polar surface area (TPSA) is 24.5 Å². The van der Waals surface area contributed by atoms with Gasteiger partial charge >= 0.3 is 0 Å². The molecule has 1 atom stereocenters. The van der Waals surface area contributed by atoms with Crippen LogP contribution < -0.4 is 10.1 Å². The fourth-order valence-corrected chi connectivity index (χ4v) is 3.03. The summed E-state index contributed by atoms with van der Waals surface area (Å²) in [5.74, 6) is 0.722. The fourth-order valence-electron chi connectivity index (χ4n) is 3.03. The summed E-state index contributed by atoms with van der Waals surface area (Å²) in [4.78, 5) is 2.38. The van der Waals surface area contributed by atoms with Crippen molar-refractivity contribution < 1.29 is 9.13 Å². The number of nitrogens with zero attached hydrogens (tertiary/aromatic N) is 1. The van der Waals surface area contributed by atoms with Crippen LogP contribution in [0, 0.1) is 5.82 Å². The van der Waals surface area contributed by atoms with Crippen LogP contribution in [0.3, 0.4) is 0 Å². The van der Waals surface area contributed by atoms with Crippen molar-refractivity contribution in [2.75, 3.05) is 26.7 Å². The van der Waals surface area contributed by atoms with E-state index in [0.717, 1.165) is 43.1 Å². The molecule has 0 aromatic heterocycles. The number of methoxy groups -OCH3 is 1. The first-order chi connectivity index (χ1) is 10.8. The third kappa shape index (κ3) is 3.29. The second kappa shape index (κ2) is 6.90. The normalized spacial score (nSPS) is 19.1. The molecule has 22 heavy (non-hydrogen) atoms. The van der Waals surface area contributed by atoms with E-state index < -0.39 is 0 Å². The van der Waals surface area contributed by atoms with Crippen LogP contribution in [-0.2, 0) is 6.54 Å². The van der Waals surface area contributed by atoms with Crippen LogP contribution in [0.4, 0.5) is 4.39 Å². The zero-order valence-electron chi connectivity index (χ0n) is 12.8. The van der Waals surface area contributed by atoms with Crippen LogP contribution >= 0.6 is 0 Å². The van der Waals surface area contributed by atoms with Gasteiger partial charge in [0, 0.05) is 37.8 Å². The molecular formula is C18H21FN2O. The second-order valence-electron chi connectivity index (χ2n) is 5.56. The van der Waals surface area contributed by atoms with Gasteiger partial charge in [-0.15, -0.1) is 0 Å².